The maximum absolute atomic E-state index is 11.3. The number of hydrogen-bond acceptors (Lipinski definition) is 1. The molecule has 0 radical (unpaired) electrons. The summed E-state index contributed by atoms with van der Waals surface area (Å²) in [5, 5.41) is 0.565. The van der Waals surface area contributed by atoms with Crippen molar-refractivity contribution in [1.82, 2.24) is 0 Å². The number of halogens is 2. The van der Waals surface area contributed by atoms with Crippen molar-refractivity contribution in [2.24, 2.45) is 0 Å². The Labute approximate surface area is 83.9 Å². The van der Waals surface area contributed by atoms with Crippen molar-refractivity contribution in [1.29, 1.82) is 0 Å². The lowest BCUT2D eigenvalue weighted by Gasteiger charge is -2.01. The molecule has 0 saturated heterocycles. The predicted molar refractivity (Wildman–Crippen MR) is 51.8 cm³/mol. The molecule has 12 heavy (non-hydrogen) atoms. The quantitative estimate of drug-likeness (QED) is 0.686. The molecule has 1 nitrogen and oxygen atoms in total. The fourth-order valence-electron chi connectivity index (χ4n) is 1.47. The van der Waals surface area contributed by atoms with Gasteiger partial charge in [-0.25, -0.2) is 0 Å². The summed E-state index contributed by atoms with van der Waals surface area (Å²) in [5.74, 6) is 0.163. The number of hydrogen-bond donors (Lipinski definition) is 0. The maximum Gasteiger partial charge on any atom is 0.165 e. The topological polar surface area (TPSA) is 17.1 Å². The van der Waals surface area contributed by atoms with E-state index in [9.17, 15) is 4.79 Å². The highest BCUT2D eigenvalue weighted by atomic mass is 79.9. The van der Waals surface area contributed by atoms with Crippen LogP contribution < -0.4 is 0 Å². The second-order valence-corrected chi connectivity index (χ2v) is 4.05. The number of benzene rings is 1. The molecule has 62 valence electrons. The summed E-state index contributed by atoms with van der Waals surface area (Å²) in [5.41, 5.74) is 1.79. The Kier molecular flexibility index (Phi) is 1.97. The minimum absolute atomic E-state index is 0.163. The van der Waals surface area contributed by atoms with E-state index in [2.05, 4.69) is 15.9 Å². The summed E-state index contributed by atoms with van der Waals surface area (Å²) < 4.78 is 0.804. The van der Waals surface area contributed by atoms with E-state index in [0.29, 0.717) is 17.0 Å². The zero-order chi connectivity index (χ0) is 8.72. The molecule has 0 heterocycles. The van der Waals surface area contributed by atoms with Crippen molar-refractivity contribution < 1.29 is 4.79 Å². The van der Waals surface area contributed by atoms with E-state index >= 15 is 0 Å². The molecule has 2 rings (SSSR count). The van der Waals surface area contributed by atoms with Gasteiger partial charge in [0.25, 0.3) is 0 Å². The van der Waals surface area contributed by atoms with Gasteiger partial charge in [-0.05, 0) is 34.0 Å². The highest BCUT2D eigenvalue weighted by Crippen LogP contribution is 2.33. The number of rotatable bonds is 0. The number of carbonyl (C=O) groups is 1. The average Bonchev–Trinajstić information content (AvgIpc) is 2.41. The van der Waals surface area contributed by atoms with Crippen molar-refractivity contribution in [2.45, 2.75) is 12.8 Å². The van der Waals surface area contributed by atoms with E-state index in [1.165, 1.54) is 0 Å². The van der Waals surface area contributed by atoms with Crippen molar-refractivity contribution >= 4 is 33.3 Å². The standard InChI is InChI=1S/C9H6BrClO/c10-6-3-1-5-2-4-7(12)8(5)9(6)11/h1,3H,2,4H2. The first-order valence-corrected chi connectivity index (χ1v) is 4.87. The lowest BCUT2D eigenvalue weighted by Crippen LogP contribution is -1.92. The maximum atomic E-state index is 11.3. The van der Waals surface area contributed by atoms with Crippen molar-refractivity contribution in [3.8, 4) is 0 Å². The Morgan fingerprint density at radius 1 is 1.33 bits per heavy atom. The fourth-order valence-corrected chi connectivity index (χ4v) is 2.09. The molecule has 0 fully saturated rings. The molecule has 1 aliphatic carbocycles. The summed E-state index contributed by atoms with van der Waals surface area (Å²) in [4.78, 5) is 11.3. The number of fused-ring (bicyclic) bond motifs is 1. The van der Waals surface area contributed by atoms with Crippen LogP contribution in [0.15, 0.2) is 16.6 Å². The zero-order valence-corrected chi connectivity index (χ0v) is 8.58. The van der Waals surface area contributed by atoms with Gasteiger partial charge in [0.1, 0.15) is 0 Å². The van der Waals surface area contributed by atoms with Crippen molar-refractivity contribution in [2.75, 3.05) is 0 Å². The minimum Gasteiger partial charge on any atom is -0.294 e. The Balaban J connectivity index is 2.71. The van der Waals surface area contributed by atoms with Crippen LogP contribution in [0.3, 0.4) is 0 Å². The summed E-state index contributed by atoms with van der Waals surface area (Å²) in [6.07, 6.45) is 1.44. The van der Waals surface area contributed by atoms with E-state index in [0.717, 1.165) is 16.5 Å². The van der Waals surface area contributed by atoms with Crippen LogP contribution in [0.25, 0.3) is 0 Å². The van der Waals surface area contributed by atoms with Gasteiger partial charge in [-0.2, -0.15) is 0 Å². The highest BCUT2D eigenvalue weighted by molar-refractivity contribution is 9.10. The van der Waals surface area contributed by atoms with E-state index in [-0.39, 0.29) is 5.78 Å². The van der Waals surface area contributed by atoms with E-state index in [4.69, 9.17) is 11.6 Å². The second-order valence-electron chi connectivity index (χ2n) is 2.82. The summed E-state index contributed by atoms with van der Waals surface area (Å²) in [6, 6.07) is 3.84. The molecule has 0 saturated carbocycles. The Hall–Kier alpha value is -0.340. The van der Waals surface area contributed by atoms with Crippen LogP contribution in [0.2, 0.25) is 5.02 Å². The van der Waals surface area contributed by atoms with Crippen LogP contribution >= 0.6 is 27.5 Å². The molecular formula is C9H6BrClO. The van der Waals surface area contributed by atoms with Crippen LogP contribution in [0.5, 0.6) is 0 Å². The highest BCUT2D eigenvalue weighted by Gasteiger charge is 2.23. The molecule has 0 atom stereocenters. The lowest BCUT2D eigenvalue weighted by atomic mass is 10.1. The van der Waals surface area contributed by atoms with E-state index in [1.54, 1.807) is 0 Å². The van der Waals surface area contributed by atoms with Gasteiger partial charge in [0.05, 0.1) is 5.02 Å². The summed E-state index contributed by atoms with van der Waals surface area (Å²) in [6.45, 7) is 0. The second kappa shape index (κ2) is 2.86. The number of aryl methyl sites for hydroxylation is 1. The van der Waals surface area contributed by atoms with Crippen molar-refractivity contribution in [3.05, 3.63) is 32.8 Å². The monoisotopic (exact) mass is 244 g/mol. The predicted octanol–water partition coefficient (Wildman–Crippen LogP) is 3.23. The number of ketones is 1. The van der Waals surface area contributed by atoms with E-state index in [1.807, 2.05) is 12.1 Å². The van der Waals surface area contributed by atoms with Crippen LogP contribution in [-0.4, -0.2) is 5.78 Å². The van der Waals surface area contributed by atoms with Crippen LogP contribution in [0.4, 0.5) is 0 Å². The molecule has 0 amide bonds. The minimum atomic E-state index is 0.163. The van der Waals surface area contributed by atoms with Crippen molar-refractivity contribution in [3.63, 3.8) is 0 Å². The molecule has 0 aromatic heterocycles. The molecule has 0 unspecified atom stereocenters. The largest absolute Gasteiger partial charge is 0.294 e. The van der Waals surface area contributed by atoms with Gasteiger partial charge in [0, 0.05) is 16.5 Å². The molecule has 1 aromatic carbocycles. The lowest BCUT2D eigenvalue weighted by molar-refractivity contribution is 0.0994. The third-order valence-electron chi connectivity index (χ3n) is 2.08. The van der Waals surface area contributed by atoms with Crippen LogP contribution in [0, 0.1) is 0 Å². The smallest absolute Gasteiger partial charge is 0.165 e. The molecular weight excluding hydrogens is 239 g/mol. The first kappa shape index (κ1) is 8.27. The molecule has 0 N–H and O–H groups in total. The van der Waals surface area contributed by atoms with Gasteiger partial charge in [0.2, 0.25) is 0 Å². The molecule has 1 aromatic rings. The van der Waals surface area contributed by atoms with Gasteiger partial charge in [-0.15, -0.1) is 0 Å². The molecule has 3 heteroatoms. The zero-order valence-electron chi connectivity index (χ0n) is 6.23. The molecule has 0 spiro atoms. The summed E-state index contributed by atoms with van der Waals surface area (Å²) >= 11 is 9.26. The Morgan fingerprint density at radius 3 is 2.83 bits per heavy atom. The number of carbonyl (C=O) groups excluding carboxylic acids is 1. The van der Waals surface area contributed by atoms with Crippen LogP contribution in [0.1, 0.15) is 22.3 Å². The van der Waals surface area contributed by atoms with Gasteiger partial charge >= 0.3 is 0 Å². The molecule has 0 bridgehead atoms. The molecule has 1 aliphatic rings. The normalized spacial score (nSPS) is 15.0. The van der Waals surface area contributed by atoms with Gasteiger partial charge in [-0.1, -0.05) is 17.7 Å². The van der Waals surface area contributed by atoms with Crippen LogP contribution in [-0.2, 0) is 6.42 Å². The summed E-state index contributed by atoms with van der Waals surface area (Å²) in [7, 11) is 0. The SMILES string of the molecule is O=C1CCc2ccc(Br)c(Cl)c21. The number of Topliss-reactive ketones (excluding diaryl/α,β-unsaturated/α-hetero) is 1. The third-order valence-corrected chi connectivity index (χ3v) is 3.36. The Morgan fingerprint density at radius 2 is 2.08 bits per heavy atom. The average molecular weight is 246 g/mol. The van der Waals surface area contributed by atoms with E-state index < -0.39 is 0 Å². The van der Waals surface area contributed by atoms with Gasteiger partial charge in [0.15, 0.2) is 5.78 Å². The van der Waals surface area contributed by atoms with Gasteiger partial charge < -0.3 is 0 Å². The third kappa shape index (κ3) is 1.10. The molecule has 0 aliphatic heterocycles. The Bertz CT molecular complexity index is 360. The van der Waals surface area contributed by atoms with Gasteiger partial charge in [-0.3, -0.25) is 4.79 Å². The fraction of sp³-hybridized carbons (Fsp3) is 0.222. The first-order chi connectivity index (χ1) is 5.70. The first-order valence-electron chi connectivity index (χ1n) is 3.70.